The van der Waals surface area contributed by atoms with Crippen molar-refractivity contribution in [3.63, 3.8) is 0 Å². The Labute approximate surface area is 131 Å². The SMILES string of the molecule is Cc1ccc(C2=CC(=O)N(c3cccc(Br)c3)C2=O)cc1. The van der Waals surface area contributed by atoms with Gasteiger partial charge < -0.3 is 0 Å². The summed E-state index contributed by atoms with van der Waals surface area (Å²) in [7, 11) is 0. The summed E-state index contributed by atoms with van der Waals surface area (Å²) in [6.07, 6.45) is 1.40. The quantitative estimate of drug-likeness (QED) is 0.780. The molecule has 0 spiro atoms. The molecular formula is C17H12BrNO2. The van der Waals surface area contributed by atoms with Crippen molar-refractivity contribution >= 4 is 39.0 Å². The van der Waals surface area contributed by atoms with Crippen molar-refractivity contribution in [1.29, 1.82) is 0 Å². The van der Waals surface area contributed by atoms with Crippen LogP contribution in [0.25, 0.3) is 5.57 Å². The third kappa shape index (κ3) is 2.54. The monoisotopic (exact) mass is 341 g/mol. The number of rotatable bonds is 2. The van der Waals surface area contributed by atoms with E-state index in [-0.39, 0.29) is 11.8 Å². The Hall–Kier alpha value is -2.20. The van der Waals surface area contributed by atoms with E-state index in [1.54, 1.807) is 18.2 Å². The highest BCUT2D eigenvalue weighted by Gasteiger charge is 2.32. The van der Waals surface area contributed by atoms with Crippen molar-refractivity contribution in [3.05, 3.63) is 70.2 Å². The maximum Gasteiger partial charge on any atom is 0.266 e. The van der Waals surface area contributed by atoms with Crippen LogP contribution in [0.1, 0.15) is 11.1 Å². The lowest BCUT2D eigenvalue weighted by atomic mass is 10.0. The Morgan fingerprint density at radius 2 is 1.71 bits per heavy atom. The molecule has 1 aliphatic rings. The summed E-state index contributed by atoms with van der Waals surface area (Å²) >= 11 is 3.35. The Morgan fingerprint density at radius 3 is 2.38 bits per heavy atom. The van der Waals surface area contributed by atoms with Gasteiger partial charge in [0.25, 0.3) is 11.8 Å². The van der Waals surface area contributed by atoms with Crippen LogP contribution in [0.3, 0.4) is 0 Å². The van der Waals surface area contributed by atoms with E-state index in [1.165, 1.54) is 11.0 Å². The van der Waals surface area contributed by atoms with Gasteiger partial charge in [0.05, 0.1) is 11.3 Å². The van der Waals surface area contributed by atoms with E-state index < -0.39 is 0 Å². The van der Waals surface area contributed by atoms with Crippen molar-refractivity contribution < 1.29 is 9.59 Å². The van der Waals surface area contributed by atoms with Crippen LogP contribution >= 0.6 is 15.9 Å². The molecule has 1 aliphatic heterocycles. The van der Waals surface area contributed by atoms with Gasteiger partial charge in [-0.05, 0) is 30.7 Å². The molecule has 104 valence electrons. The molecule has 0 aliphatic carbocycles. The number of hydrogen-bond acceptors (Lipinski definition) is 2. The van der Waals surface area contributed by atoms with Gasteiger partial charge in [0.15, 0.2) is 0 Å². The van der Waals surface area contributed by atoms with Gasteiger partial charge in [0, 0.05) is 10.5 Å². The van der Waals surface area contributed by atoms with Crippen molar-refractivity contribution in [1.82, 2.24) is 0 Å². The number of aryl methyl sites for hydroxylation is 1. The number of carbonyl (C=O) groups is 2. The predicted octanol–water partition coefficient (Wildman–Crippen LogP) is 3.71. The number of hydrogen-bond donors (Lipinski definition) is 0. The molecule has 21 heavy (non-hydrogen) atoms. The molecule has 0 saturated heterocycles. The zero-order valence-electron chi connectivity index (χ0n) is 11.3. The van der Waals surface area contributed by atoms with Crippen LogP contribution in [-0.4, -0.2) is 11.8 Å². The van der Waals surface area contributed by atoms with Gasteiger partial charge in [-0.3, -0.25) is 9.59 Å². The van der Waals surface area contributed by atoms with Crippen molar-refractivity contribution in [2.75, 3.05) is 4.90 Å². The molecule has 0 bridgehead atoms. The van der Waals surface area contributed by atoms with E-state index in [0.717, 1.165) is 15.6 Å². The third-order valence-corrected chi connectivity index (χ3v) is 3.84. The fraction of sp³-hybridized carbons (Fsp3) is 0.0588. The second kappa shape index (κ2) is 5.30. The molecule has 4 heteroatoms. The first-order valence-corrected chi connectivity index (χ1v) is 7.28. The minimum absolute atomic E-state index is 0.290. The molecular weight excluding hydrogens is 330 g/mol. The molecule has 0 saturated carbocycles. The maximum absolute atomic E-state index is 12.5. The lowest BCUT2D eigenvalue weighted by Gasteiger charge is -2.15. The summed E-state index contributed by atoms with van der Waals surface area (Å²) in [5.74, 6) is -0.601. The number of halogens is 1. The fourth-order valence-electron chi connectivity index (χ4n) is 2.27. The Balaban J connectivity index is 1.97. The van der Waals surface area contributed by atoms with Crippen LogP contribution in [0.4, 0.5) is 5.69 Å². The fourth-order valence-corrected chi connectivity index (χ4v) is 2.66. The summed E-state index contributed by atoms with van der Waals surface area (Å²) in [6, 6.07) is 14.7. The van der Waals surface area contributed by atoms with Crippen molar-refractivity contribution in [2.24, 2.45) is 0 Å². The highest BCUT2D eigenvalue weighted by molar-refractivity contribution is 9.10. The first-order valence-electron chi connectivity index (χ1n) is 6.49. The van der Waals surface area contributed by atoms with E-state index in [2.05, 4.69) is 15.9 Å². The molecule has 2 aromatic rings. The van der Waals surface area contributed by atoms with Crippen molar-refractivity contribution in [2.45, 2.75) is 6.92 Å². The number of benzene rings is 2. The number of imide groups is 1. The first-order chi connectivity index (χ1) is 10.1. The average molecular weight is 342 g/mol. The maximum atomic E-state index is 12.5. The summed E-state index contributed by atoms with van der Waals surface area (Å²) in [5, 5.41) is 0. The number of nitrogens with zero attached hydrogens (tertiary/aromatic N) is 1. The minimum atomic E-state index is -0.311. The molecule has 2 aromatic carbocycles. The van der Waals surface area contributed by atoms with E-state index >= 15 is 0 Å². The largest absolute Gasteiger partial charge is 0.269 e. The van der Waals surface area contributed by atoms with E-state index in [0.29, 0.717) is 11.3 Å². The molecule has 0 fully saturated rings. The van der Waals surface area contributed by atoms with Gasteiger partial charge in [-0.2, -0.15) is 0 Å². The minimum Gasteiger partial charge on any atom is -0.269 e. The Bertz CT molecular complexity index is 763. The number of amides is 2. The number of anilines is 1. The summed E-state index contributed by atoms with van der Waals surface area (Å²) in [5.41, 5.74) is 2.87. The molecule has 3 nitrogen and oxygen atoms in total. The van der Waals surface area contributed by atoms with Crippen LogP contribution in [0.15, 0.2) is 59.1 Å². The standard InChI is InChI=1S/C17H12BrNO2/c1-11-5-7-12(8-6-11)15-10-16(20)19(17(15)21)14-4-2-3-13(18)9-14/h2-10H,1H3. The molecule has 0 atom stereocenters. The summed E-state index contributed by atoms with van der Waals surface area (Å²) in [6.45, 7) is 1.98. The van der Waals surface area contributed by atoms with Crippen LogP contribution in [0, 0.1) is 6.92 Å². The third-order valence-electron chi connectivity index (χ3n) is 3.35. The molecule has 0 unspecified atom stereocenters. The zero-order valence-corrected chi connectivity index (χ0v) is 12.9. The second-order valence-electron chi connectivity index (χ2n) is 4.88. The summed E-state index contributed by atoms with van der Waals surface area (Å²) in [4.78, 5) is 25.9. The first kappa shape index (κ1) is 13.8. The zero-order chi connectivity index (χ0) is 15.0. The molecule has 2 amide bonds. The number of carbonyl (C=O) groups excluding carboxylic acids is 2. The Morgan fingerprint density at radius 1 is 1.00 bits per heavy atom. The predicted molar refractivity (Wildman–Crippen MR) is 85.8 cm³/mol. The van der Waals surface area contributed by atoms with Crippen LogP contribution in [0.5, 0.6) is 0 Å². The Kier molecular flexibility index (Phi) is 3.47. The smallest absolute Gasteiger partial charge is 0.266 e. The van der Waals surface area contributed by atoms with Crippen LogP contribution < -0.4 is 4.90 Å². The lowest BCUT2D eigenvalue weighted by molar-refractivity contribution is -0.119. The molecule has 1 heterocycles. The average Bonchev–Trinajstić information content (AvgIpc) is 2.75. The van der Waals surface area contributed by atoms with Gasteiger partial charge in [-0.25, -0.2) is 4.90 Å². The normalized spacial score (nSPS) is 14.6. The van der Waals surface area contributed by atoms with Gasteiger partial charge >= 0.3 is 0 Å². The molecule has 3 rings (SSSR count). The van der Waals surface area contributed by atoms with Crippen LogP contribution in [0.2, 0.25) is 0 Å². The molecule has 0 aromatic heterocycles. The molecule has 0 N–H and O–H groups in total. The highest BCUT2D eigenvalue weighted by atomic mass is 79.9. The van der Waals surface area contributed by atoms with Crippen molar-refractivity contribution in [3.8, 4) is 0 Å². The van der Waals surface area contributed by atoms with Gasteiger partial charge in [-0.15, -0.1) is 0 Å². The lowest BCUT2D eigenvalue weighted by Crippen LogP contribution is -2.30. The van der Waals surface area contributed by atoms with E-state index in [4.69, 9.17) is 0 Å². The highest BCUT2D eigenvalue weighted by Crippen LogP contribution is 2.29. The second-order valence-corrected chi connectivity index (χ2v) is 5.80. The molecule has 0 radical (unpaired) electrons. The van der Waals surface area contributed by atoms with E-state index in [1.807, 2.05) is 37.3 Å². The van der Waals surface area contributed by atoms with Gasteiger partial charge in [-0.1, -0.05) is 51.8 Å². The summed E-state index contributed by atoms with van der Waals surface area (Å²) < 4.78 is 0.824. The van der Waals surface area contributed by atoms with Crippen LogP contribution in [-0.2, 0) is 9.59 Å². The topological polar surface area (TPSA) is 37.4 Å². The van der Waals surface area contributed by atoms with Gasteiger partial charge in [0.2, 0.25) is 0 Å². The van der Waals surface area contributed by atoms with Gasteiger partial charge in [0.1, 0.15) is 0 Å². The van der Waals surface area contributed by atoms with E-state index in [9.17, 15) is 9.59 Å².